The van der Waals surface area contributed by atoms with Crippen LogP contribution in [-0.2, 0) is 4.79 Å². The predicted molar refractivity (Wildman–Crippen MR) is 122 cm³/mol. The van der Waals surface area contributed by atoms with Crippen LogP contribution in [0.5, 0.6) is 0 Å². The number of piperidine rings is 1. The molecule has 1 fully saturated rings. The molecule has 0 spiro atoms. The maximum atomic E-state index is 13.4. The third kappa shape index (κ3) is 4.87. The van der Waals surface area contributed by atoms with E-state index < -0.39 is 0 Å². The zero-order valence-corrected chi connectivity index (χ0v) is 18.4. The van der Waals surface area contributed by atoms with Crippen LogP contribution in [0.15, 0.2) is 46.9 Å². The standard InChI is InChI=1S/C21H22FN3OS3/c22-16-8-6-15(7-9-16)18-13-17(19-5-4-12-28-19)23-25(18)20(26)14-29-21(27)24-10-2-1-3-11-24/h4-9,12,18H,1-3,10-11,13-14H2/t18-/m0/s1. The number of nitrogens with zero attached hydrogens (tertiary/aromatic N) is 3. The predicted octanol–water partition coefficient (Wildman–Crippen LogP) is 5.07. The van der Waals surface area contributed by atoms with Crippen LogP contribution < -0.4 is 0 Å². The quantitative estimate of drug-likeness (QED) is 0.613. The zero-order valence-electron chi connectivity index (χ0n) is 15.9. The molecule has 0 unspecified atom stereocenters. The van der Waals surface area contributed by atoms with Gasteiger partial charge in [-0.05, 0) is 48.4 Å². The lowest BCUT2D eigenvalue weighted by Gasteiger charge is -2.29. The van der Waals surface area contributed by atoms with E-state index in [1.54, 1.807) is 28.5 Å². The fraction of sp³-hybridized carbons (Fsp3) is 0.381. The molecule has 0 aliphatic carbocycles. The van der Waals surface area contributed by atoms with Gasteiger partial charge in [-0.15, -0.1) is 11.3 Å². The Balaban J connectivity index is 1.48. The van der Waals surface area contributed by atoms with Crippen LogP contribution in [0.4, 0.5) is 4.39 Å². The van der Waals surface area contributed by atoms with Crippen molar-refractivity contribution in [1.29, 1.82) is 0 Å². The molecule has 4 nitrogen and oxygen atoms in total. The zero-order chi connectivity index (χ0) is 20.2. The monoisotopic (exact) mass is 447 g/mol. The van der Waals surface area contributed by atoms with Gasteiger partial charge >= 0.3 is 0 Å². The van der Waals surface area contributed by atoms with E-state index in [-0.39, 0.29) is 23.5 Å². The van der Waals surface area contributed by atoms with Crippen LogP contribution in [0, 0.1) is 5.82 Å². The number of rotatable bonds is 4. The lowest BCUT2D eigenvalue weighted by atomic mass is 10.0. The second-order valence-electron chi connectivity index (χ2n) is 7.14. The molecule has 8 heteroatoms. The van der Waals surface area contributed by atoms with E-state index in [1.165, 1.54) is 30.3 Å². The topological polar surface area (TPSA) is 35.9 Å². The van der Waals surface area contributed by atoms with E-state index in [1.807, 2.05) is 17.5 Å². The Morgan fingerprint density at radius 1 is 1.21 bits per heavy atom. The molecule has 1 atom stereocenters. The third-order valence-corrected chi connectivity index (χ3v) is 7.59. The first-order valence-electron chi connectivity index (χ1n) is 9.72. The molecule has 1 aromatic carbocycles. The SMILES string of the molecule is O=C(CSC(=S)N1CCCCC1)N1N=C(c2cccs2)C[C@H]1c1ccc(F)cc1. The van der Waals surface area contributed by atoms with Crippen molar-refractivity contribution in [3.63, 3.8) is 0 Å². The lowest BCUT2D eigenvalue weighted by molar-refractivity contribution is -0.130. The van der Waals surface area contributed by atoms with E-state index >= 15 is 0 Å². The first-order valence-corrected chi connectivity index (χ1v) is 12.0. The van der Waals surface area contributed by atoms with Crippen molar-refractivity contribution in [3.8, 4) is 0 Å². The summed E-state index contributed by atoms with van der Waals surface area (Å²) in [6.45, 7) is 1.95. The average Bonchev–Trinajstić information content (AvgIpc) is 3.43. The Kier molecular flexibility index (Phi) is 6.62. The van der Waals surface area contributed by atoms with Gasteiger partial charge in [0, 0.05) is 19.5 Å². The highest BCUT2D eigenvalue weighted by atomic mass is 32.2. The van der Waals surface area contributed by atoms with Gasteiger partial charge in [0.1, 0.15) is 10.1 Å². The molecule has 1 amide bonds. The molecule has 4 rings (SSSR count). The highest BCUT2D eigenvalue weighted by Crippen LogP contribution is 2.34. The molecule has 29 heavy (non-hydrogen) atoms. The van der Waals surface area contributed by atoms with E-state index in [9.17, 15) is 9.18 Å². The van der Waals surface area contributed by atoms with Crippen LogP contribution in [0.1, 0.15) is 42.2 Å². The van der Waals surface area contributed by atoms with E-state index in [4.69, 9.17) is 12.2 Å². The number of benzene rings is 1. The number of hydrogen-bond acceptors (Lipinski definition) is 5. The van der Waals surface area contributed by atoms with Gasteiger partial charge < -0.3 is 4.90 Å². The fourth-order valence-corrected chi connectivity index (χ4v) is 5.46. The first kappa shape index (κ1) is 20.5. The summed E-state index contributed by atoms with van der Waals surface area (Å²) >= 11 is 8.56. The Bertz CT molecular complexity index is 892. The van der Waals surface area contributed by atoms with Crippen LogP contribution in [0.25, 0.3) is 0 Å². The number of thiocarbonyl (C=S) groups is 1. The summed E-state index contributed by atoms with van der Waals surface area (Å²) in [5, 5.41) is 8.21. The second-order valence-corrected chi connectivity index (χ2v) is 9.69. The molecule has 0 saturated carbocycles. The van der Waals surface area contributed by atoms with Crippen LogP contribution >= 0.6 is 35.3 Å². The Morgan fingerprint density at radius 3 is 2.66 bits per heavy atom. The molecule has 0 N–H and O–H groups in total. The van der Waals surface area contributed by atoms with Crippen LogP contribution in [0.3, 0.4) is 0 Å². The molecule has 1 aromatic heterocycles. The molecule has 3 heterocycles. The van der Waals surface area contributed by atoms with Gasteiger partial charge in [-0.25, -0.2) is 9.40 Å². The summed E-state index contributed by atoms with van der Waals surface area (Å²) < 4.78 is 14.2. The summed E-state index contributed by atoms with van der Waals surface area (Å²) in [6, 6.07) is 10.1. The van der Waals surface area contributed by atoms with Gasteiger partial charge in [-0.1, -0.05) is 42.2 Å². The summed E-state index contributed by atoms with van der Waals surface area (Å²) in [5.41, 5.74) is 1.78. The largest absolute Gasteiger partial charge is 0.358 e. The number of likely N-dealkylation sites (tertiary alicyclic amines) is 1. The van der Waals surface area contributed by atoms with Crippen LogP contribution in [-0.4, -0.2) is 44.7 Å². The molecule has 2 aliphatic rings. The van der Waals surface area contributed by atoms with Crippen molar-refractivity contribution in [2.45, 2.75) is 31.7 Å². The van der Waals surface area contributed by atoms with Gasteiger partial charge in [-0.3, -0.25) is 4.79 Å². The van der Waals surface area contributed by atoms with Gasteiger partial charge in [0.25, 0.3) is 5.91 Å². The molecule has 1 saturated heterocycles. The average molecular weight is 448 g/mol. The molecule has 2 aromatic rings. The normalized spacial score (nSPS) is 19.3. The van der Waals surface area contributed by atoms with E-state index in [0.29, 0.717) is 6.42 Å². The van der Waals surface area contributed by atoms with Gasteiger partial charge in [0.05, 0.1) is 22.4 Å². The van der Waals surface area contributed by atoms with E-state index in [0.717, 1.165) is 46.4 Å². The highest BCUT2D eigenvalue weighted by Gasteiger charge is 2.33. The maximum absolute atomic E-state index is 13.4. The number of carbonyl (C=O) groups is 1. The smallest absolute Gasteiger partial charge is 0.253 e. The summed E-state index contributed by atoms with van der Waals surface area (Å²) in [5.74, 6) is -0.101. The van der Waals surface area contributed by atoms with Crippen molar-refractivity contribution in [2.75, 3.05) is 18.8 Å². The van der Waals surface area contributed by atoms with Gasteiger partial charge in [-0.2, -0.15) is 5.10 Å². The molecule has 0 radical (unpaired) electrons. The number of halogens is 1. The highest BCUT2D eigenvalue weighted by molar-refractivity contribution is 8.23. The van der Waals surface area contributed by atoms with Crippen molar-refractivity contribution in [1.82, 2.24) is 9.91 Å². The van der Waals surface area contributed by atoms with Gasteiger partial charge in [0.2, 0.25) is 0 Å². The number of thioether (sulfide) groups is 1. The minimum Gasteiger partial charge on any atom is -0.358 e. The van der Waals surface area contributed by atoms with Crippen molar-refractivity contribution < 1.29 is 9.18 Å². The minimum absolute atomic E-state index is 0.0739. The molecule has 152 valence electrons. The lowest BCUT2D eigenvalue weighted by Crippen LogP contribution is -2.34. The maximum Gasteiger partial charge on any atom is 0.253 e. The Hall–Kier alpha value is -1.77. The van der Waals surface area contributed by atoms with Crippen molar-refractivity contribution in [3.05, 3.63) is 58.0 Å². The molecule has 2 aliphatic heterocycles. The minimum atomic E-state index is -0.286. The Labute approximate surface area is 183 Å². The second kappa shape index (κ2) is 9.36. The summed E-state index contributed by atoms with van der Waals surface area (Å²) in [7, 11) is 0. The summed E-state index contributed by atoms with van der Waals surface area (Å²) in [4.78, 5) is 16.3. The number of hydrazone groups is 1. The number of amides is 1. The molecular weight excluding hydrogens is 425 g/mol. The first-order chi connectivity index (χ1) is 14.1. The Morgan fingerprint density at radius 2 is 1.97 bits per heavy atom. The molecular formula is C21H22FN3OS3. The van der Waals surface area contributed by atoms with Crippen molar-refractivity contribution in [2.24, 2.45) is 5.10 Å². The van der Waals surface area contributed by atoms with Crippen molar-refractivity contribution >= 4 is 51.3 Å². The number of hydrogen-bond donors (Lipinski definition) is 0. The molecule has 0 bridgehead atoms. The number of carbonyl (C=O) groups excluding carboxylic acids is 1. The fourth-order valence-electron chi connectivity index (χ4n) is 3.63. The van der Waals surface area contributed by atoms with Crippen LogP contribution in [0.2, 0.25) is 0 Å². The third-order valence-electron chi connectivity index (χ3n) is 5.16. The summed E-state index contributed by atoms with van der Waals surface area (Å²) in [6.07, 6.45) is 4.18. The number of thiophene rings is 1. The van der Waals surface area contributed by atoms with E-state index in [2.05, 4.69) is 10.0 Å². The van der Waals surface area contributed by atoms with Gasteiger partial charge in [0.15, 0.2) is 0 Å².